The third-order valence-electron chi connectivity index (χ3n) is 5.89. The number of carbonyl (C=O) groups excluding carboxylic acids is 3. The third-order valence-corrected chi connectivity index (χ3v) is 6.68. The highest BCUT2D eigenvalue weighted by Gasteiger charge is 2.35. The van der Waals surface area contributed by atoms with Crippen LogP contribution < -0.4 is 15.0 Å². The lowest BCUT2D eigenvalue weighted by Crippen LogP contribution is -2.54. The van der Waals surface area contributed by atoms with Gasteiger partial charge in [0.2, 0.25) is 0 Å². The minimum absolute atomic E-state index is 0.0616. The molecular formula is C28H18Cl2N4O4S. The Bertz CT molecular complexity index is 1650. The van der Waals surface area contributed by atoms with Crippen LogP contribution in [0.15, 0.2) is 84.6 Å². The van der Waals surface area contributed by atoms with Gasteiger partial charge in [0.1, 0.15) is 17.0 Å². The first kappa shape index (κ1) is 26.3. The lowest BCUT2D eigenvalue weighted by Gasteiger charge is -2.28. The molecule has 0 radical (unpaired) electrons. The topological polar surface area (TPSA) is 93.5 Å². The van der Waals surface area contributed by atoms with Crippen molar-refractivity contribution < 1.29 is 19.1 Å². The van der Waals surface area contributed by atoms with Crippen LogP contribution in [-0.2, 0) is 9.59 Å². The highest BCUT2D eigenvalue weighted by Crippen LogP contribution is 2.29. The van der Waals surface area contributed by atoms with Crippen molar-refractivity contribution in [3.63, 3.8) is 0 Å². The van der Waals surface area contributed by atoms with Gasteiger partial charge in [-0.15, -0.1) is 0 Å². The van der Waals surface area contributed by atoms with Gasteiger partial charge in [-0.05, 0) is 91.1 Å². The van der Waals surface area contributed by atoms with Gasteiger partial charge in [-0.25, -0.2) is 4.68 Å². The molecule has 0 atom stereocenters. The van der Waals surface area contributed by atoms with E-state index >= 15 is 0 Å². The summed E-state index contributed by atoms with van der Waals surface area (Å²) >= 11 is 17.2. The number of amides is 2. The Morgan fingerprint density at radius 1 is 0.949 bits per heavy atom. The lowest BCUT2D eigenvalue weighted by molar-refractivity contribution is -0.122. The maximum atomic E-state index is 13.5. The number of halogens is 2. The monoisotopic (exact) mass is 576 g/mol. The van der Waals surface area contributed by atoms with Crippen molar-refractivity contribution in [2.45, 2.75) is 0 Å². The van der Waals surface area contributed by atoms with E-state index in [1.54, 1.807) is 79.9 Å². The molecule has 1 fully saturated rings. The number of rotatable bonds is 5. The minimum atomic E-state index is -0.673. The summed E-state index contributed by atoms with van der Waals surface area (Å²) in [5, 5.41) is 7.96. The molecule has 1 aliphatic heterocycles. The summed E-state index contributed by atoms with van der Waals surface area (Å²) in [4.78, 5) is 40.9. The van der Waals surface area contributed by atoms with E-state index < -0.39 is 17.7 Å². The number of hydrogen-bond donors (Lipinski definition) is 1. The Morgan fingerprint density at radius 3 is 2.18 bits per heavy atom. The molecule has 0 saturated carbocycles. The van der Waals surface area contributed by atoms with Gasteiger partial charge in [0.15, 0.2) is 5.11 Å². The van der Waals surface area contributed by atoms with Gasteiger partial charge >= 0.3 is 0 Å². The van der Waals surface area contributed by atoms with E-state index in [0.717, 1.165) is 4.68 Å². The molecule has 0 spiro atoms. The number of hydrogen-bond acceptors (Lipinski definition) is 6. The molecule has 1 saturated heterocycles. The van der Waals surface area contributed by atoms with Gasteiger partial charge in [0.05, 0.1) is 12.8 Å². The molecule has 2 amide bonds. The Balaban J connectivity index is 1.60. The van der Waals surface area contributed by atoms with Gasteiger partial charge < -0.3 is 4.74 Å². The van der Waals surface area contributed by atoms with Gasteiger partial charge in [0.25, 0.3) is 17.7 Å². The number of ether oxygens (including phenoxy) is 1. The number of methoxy groups -OCH3 is 1. The quantitative estimate of drug-likeness (QED) is 0.194. The summed E-state index contributed by atoms with van der Waals surface area (Å²) in [6.07, 6.45) is 2.85. The van der Waals surface area contributed by atoms with Crippen molar-refractivity contribution in [3.8, 4) is 17.0 Å². The summed E-state index contributed by atoms with van der Waals surface area (Å²) in [7, 11) is 1.55. The minimum Gasteiger partial charge on any atom is -0.497 e. The summed E-state index contributed by atoms with van der Waals surface area (Å²) in [6.45, 7) is 0. The zero-order valence-electron chi connectivity index (χ0n) is 20.2. The summed E-state index contributed by atoms with van der Waals surface area (Å²) in [6, 6.07) is 19.8. The lowest BCUT2D eigenvalue weighted by atomic mass is 10.0. The maximum absolute atomic E-state index is 13.5. The van der Waals surface area contributed by atoms with Crippen molar-refractivity contribution in [1.82, 2.24) is 15.1 Å². The largest absolute Gasteiger partial charge is 0.497 e. The van der Waals surface area contributed by atoms with E-state index in [1.165, 1.54) is 17.2 Å². The summed E-state index contributed by atoms with van der Waals surface area (Å²) in [5.74, 6) is -1.10. The zero-order chi connectivity index (χ0) is 27.7. The van der Waals surface area contributed by atoms with E-state index in [4.69, 9.17) is 40.2 Å². The smallest absolute Gasteiger partial charge is 0.278 e. The molecule has 3 aromatic carbocycles. The van der Waals surface area contributed by atoms with E-state index in [9.17, 15) is 14.4 Å². The van der Waals surface area contributed by atoms with Crippen LogP contribution in [0.4, 0.5) is 5.69 Å². The number of benzene rings is 3. The molecule has 0 unspecified atom stereocenters. The van der Waals surface area contributed by atoms with Crippen LogP contribution in [0.2, 0.25) is 10.0 Å². The Morgan fingerprint density at radius 2 is 1.56 bits per heavy atom. The van der Waals surface area contributed by atoms with Crippen LogP contribution in [0.1, 0.15) is 15.9 Å². The van der Waals surface area contributed by atoms with Crippen molar-refractivity contribution in [3.05, 3.63) is 106 Å². The van der Waals surface area contributed by atoms with Crippen molar-refractivity contribution >= 4 is 70.0 Å². The number of nitrogens with zero attached hydrogens (tertiary/aromatic N) is 3. The van der Waals surface area contributed by atoms with E-state index in [2.05, 4.69) is 10.4 Å². The van der Waals surface area contributed by atoms with Crippen LogP contribution in [0.5, 0.6) is 5.75 Å². The first-order chi connectivity index (χ1) is 18.7. The molecule has 8 nitrogen and oxygen atoms in total. The fourth-order valence-corrected chi connectivity index (χ4v) is 4.47. The Kier molecular flexibility index (Phi) is 7.30. The second kappa shape index (κ2) is 10.8. The molecule has 1 aromatic heterocycles. The molecule has 1 N–H and O–H groups in total. The fraction of sp³-hybridized carbons (Fsp3) is 0.0357. The standard InChI is InChI=1S/C28H18Cl2N4O4S/c1-38-22-12-4-16(5-13-22)24-18(15-33(32-24)26(36)17-2-6-19(29)7-3-17)14-23-25(35)31-28(39)34(27(23)37)21-10-8-20(30)9-11-21/h2-15H,1H3,(H,31,35,39)/b23-14+. The van der Waals surface area contributed by atoms with Crippen LogP contribution in [0.25, 0.3) is 17.3 Å². The van der Waals surface area contributed by atoms with Crippen LogP contribution in [-0.4, -0.2) is 39.7 Å². The zero-order valence-corrected chi connectivity index (χ0v) is 22.6. The van der Waals surface area contributed by atoms with Crippen molar-refractivity contribution in [2.75, 3.05) is 12.0 Å². The molecule has 39 heavy (non-hydrogen) atoms. The van der Waals surface area contributed by atoms with Crippen LogP contribution in [0.3, 0.4) is 0 Å². The molecule has 5 rings (SSSR count). The van der Waals surface area contributed by atoms with Gasteiger partial charge in [-0.2, -0.15) is 5.10 Å². The van der Waals surface area contributed by atoms with Crippen LogP contribution >= 0.6 is 35.4 Å². The molecular weight excluding hydrogens is 559 g/mol. The predicted molar refractivity (Wildman–Crippen MR) is 153 cm³/mol. The normalized spacial score (nSPS) is 14.5. The number of carbonyl (C=O) groups is 3. The molecule has 0 aliphatic carbocycles. The van der Waals surface area contributed by atoms with E-state index in [0.29, 0.717) is 43.9 Å². The Labute approximate surface area is 238 Å². The summed E-state index contributed by atoms with van der Waals surface area (Å²) in [5.41, 5.74) is 1.98. The molecule has 2 heterocycles. The predicted octanol–water partition coefficient (Wildman–Crippen LogP) is 5.39. The van der Waals surface area contributed by atoms with Gasteiger partial charge in [-0.1, -0.05) is 23.2 Å². The average molecular weight is 577 g/mol. The van der Waals surface area contributed by atoms with E-state index in [-0.39, 0.29) is 10.7 Å². The van der Waals surface area contributed by atoms with E-state index in [1.807, 2.05) is 0 Å². The first-order valence-electron chi connectivity index (χ1n) is 11.5. The molecule has 194 valence electrons. The average Bonchev–Trinajstić information content (AvgIpc) is 3.36. The highest BCUT2D eigenvalue weighted by atomic mass is 35.5. The number of aromatic nitrogens is 2. The first-order valence-corrected chi connectivity index (χ1v) is 12.6. The highest BCUT2D eigenvalue weighted by molar-refractivity contribution is 7.80. The number of anilines is 1. The maximum Gasteiger partial charge on any atom is 0.278 e. The molecule has 4 aromatic rings. The Hall–Kier alpha value is -4.31. The number of thiocarbonyl (C=S) groups is 1. The second-order valence-corrected chi connectivity index (χ2v) is 9.61. The second-order valence-electron chi connectivity index (χ2n) is 8.35. The van der Waals surface area contributed by atoms with Gasteiger partial charge in [-0.3, -0.25) is 24.6 Å². The third kappa shape index (κ3) is 5.33. The molecule has 11 heteroatoms. The fourth-order valence-electron chi connectivity index (χ4n) is 3.93. The van der Waals surface area contributed by atoms with Crippen molar-refractivity contribution in [1.29, 1.82) is 0 Å². The van der Waals surface area contributed by atoms with Crippen molar-refractivity contribution in [2.24, 2.45) is 0 Å². The van der Waals surface area contributed by atoms with Gasteiger partial charge in [0, 0.05) is 32.9 Å². The SMILES string of the molecule is COc1ccc(-c2nn(C(=O)c3ccc(Cl)cc3)cc2/C=C2\C(=O)NC(=S)N(c3ccc(Cl)cc3)C2=O)cc1. The molecule has 0 bridgehead atoms. The summed E-state index contributed by atoms with van der Waals surface area (Å²) < 4.78 is 6.40. The van der Waals surface area contributed by atoms with Crippen LogP contribution in [0, 0.1) is 0 Å². The molecule has 1 aliphatic rings. The number of nitrogens with one attached hydrogen (secondary N) is 1.